The van der Waals surface area contributed by atoms with Gasteiger partial charge in [-0.05, 0) is 31.4 Å². The first-order chi connectivity index (χ1) is 10.7. The summed E-state index contributed by atoms with van der Waals surface area (Å²) in [6.45, 7) is 2.62. The van der Waals surface area contributed by atoms with Crippen LogP contribution in [0.3, 0.4) is 0 Å². The molecule has 2 aliphatic heterocycles. The minimum Gasteiger partial charge on any atom is -0.480 e. The fourth-order valence-electron chi connectivity index (χ4n) is 3.39. The van der Waals surface area contributed by atoms with Crippen molar-refractivity contribution >= 4 is 5.91 Å². The molecule has 0 unspecified atom stereocenters. The average molecular weight is 298 g/mol. The van der Waals surface area contributed by atoms with Crippen molar-refractivity contribution in [2.75, 3.05) is 6.54 Å². The lowest BCUT2D eigenvalue weighted by molar-refractivity contribution is -0.139. The van der Waals surface area contributed by atoms with E-state index in [0.717, 1.165) is 42.2 Å². The second-order valence-corrected chi connectivity index (χ2v) is 5.97. The quantitative estimate of drug-likeness (QED) is 0.855. The molecule has 22 heavy (non-hydrogen) atoms. The molecule has 1 saturated heterocycles. The highest BCUT2D eigenvalue weighted by atomic mass is 16.5. The van der Waals surface area contributed by atoms with E-state index in [0.29, 0.717) is 6.42 Å². The Hall–Kier alpha value is -2.30. The molecule has 4 rings (SSSR count). The van der Waals surface area contributed by atoms with Gasteiger partial charge < -0.3 is 14.2 Å². The van der Waals surface area contributed by atoms with E-state index in [2.05, 4.69) is 5.16 Å². The van der Waals surface area contributed by atoms with Crippen LogP contribution in [0.25, 0.3) is 0 Å². The number of carbonyl (C=O) groups is 1. The van der Waals surface area contributed by atoms with Gasteiger partial charge in [0.05, 0.1) is 6.04 Å². The van der Waals surface area contributed by atoms with Crippen LogP contribution < -0.4 is 4.74 Å². The number of nitrogens with zero attached hydrogens (tertiary/aromatic N) is 2. The Balaban J connectivity index is 1.53. The lowest BCUT2D eigenvalue weighted by Gasteiger charge is -2.25. The van der Waals surface area contributed by atoms with E-state index >= 15 is 0 Å². The Kier molecular flexibility index (Phi) is 3.13. The van der Waals surface area contributed by atoms with E-state index in [-0.39, 0.29) is 11.9 Å². The Morgan fingerprint density at radius 1 is 1.36 bits per heavy atom. The lowest BCUT2D eigenvalue weighted by atomic mass is 10.1. The zero-order valence-electron chi connectivity index (χ0n) is 12.5. The zero-order chi connectivity index (χ0) is 15.1. The maximum absolute atomic E-state index is 12.8. The normalized spacial score (nSPS) is 23.4. The SMILES string of the molecule is Cc1cc([C@@H]2CCCN2C(=O)[C@H]2Cc3ccccc3O2)no1. The maximum atomic E-state index is 12.8. The van der Waals surface area contributed by atoms with Gasteiger partial charge in [-0.3, -0.25) is 4.79 Å². The molecule has 2 aromatic rings. The van der Waals surface area contributed by atoms with Gasteiger partial charge in [-0.25, -0.2) is 0 Å². The molecule has 114 valence electrons. The summed E-state index contributed by atoms with van der Waals surface area (Å²) in [6, 6.07) is 9.78. The third-order valence-corrected chi connectivity index (χ3v) is 4.45. The van der Waals surface area contributed by atoms with Gasteiger partial charge in [0.1, 0.15) is 17.2 Å². The number of para-hydroxylation sites is 1. The number of hydrogen-bond donors (Lipinski definition) is 0. The Bertz CT molecular complexity index is 684. The number of likely N-dealkylation sites (tertiary alicyclic amines) is 1. The summed E-state index contributed by atoms with van der Waals surface area (Å²) in [7, 11) is 0. The Labute approximate surface area is 128 Å². The van der Waals surface area contributed by atoms with E-state index in [1.54, 1.807) is 0 Å². The van der Waals surface area contributed by atoms with Gasteiger partial charge in [0, 0.05) is 19.0 Å². The number of amides is 1. The van der Waals surface area contributed by atoms with Crippen molar-refractivity contribution in [2.24, 2.45) is 0 Å². The highest BCUT2D eigenvalue weighted by Gasteiger charge is 2.38. The second kappa shape index (κ2) is 5.16. The third-order valence-electron chi connectivity index (χ3n) is 4.45. The van der Waals surface area contributed by atoms with E-state index in [1.807, 2.05) is 42.2 Å². The Morgan fingerprint density at radius 3 is 3.00 bits per heavy atom. The molecule has 0 radical (unpaired) electrons. The molecule has 5 nitrogen and oxygen atoms in total. The van der Waals surface area contributed by atoms with Gasteiger partial charge >= 0.3 is 0 Å². The topological polar surface area (TPSA) is 55.6 Å². The van der Waals surface area contributed by atoms with Crippen LogP contribution in [0.2, 0.25) is 0 Å². The van der Waals surface area contributed by atoms with E-state index < -0.39 is 6.10 Å². The van der Waals surface area contributed by atoms with Crippen LogP contribution in [0, 0.1) is 6.92 Å². The van der Waals surface area contributed by atoms with Gasteiger partial charge in [-0.2, -0.15) is 0 Å². The fourth-order valence-corrected chi connectivity index (χ4v) is 3.39. The van der Waals surface area contributed by atoms with Gasteiger partial charge in [-0.15, -0.1) is 0 Å². The maximum Gasteiger partial charge on any atom is 0.264 e. The molecule has 0 saturated carbocycles. The molecule has 1 fully saturated rings. The number of hydrogen-bond acceptors (Lipinski definition) is 4. The molecule has 1 amide bonds. The largest absolute Gasteiger partial charge is 0.480 e. The summed E-state index contributed by atoms with van der Waals surface area (Å²) in [5, 5.41) is 4.09. The van der Waals surface area contributed by atoms with Crippen molar-refractivity contribution in [3.05, 3.63) is 47.3 Å². The molecular formula is C17H18N2O3. The fraction of sp³-hybridized carbons (Fsp3) is 0.412. The molecular weight excluding hydrogens is 280 g/mol. The summed E-state index contributed by atoms with van der Waals surface area (Å²) in [5.41, 5.74) is 1.95. The van der Waals surface area contributed by atoms with Crippen LogP contribution in [0.1, 0.15) is 35.9 Å². The van der Waals surface area contributed by atoms with Crippen molar-refractivity contribution in [2.45, 2.75) is 38.3 Å². The van der Waals surface area contributed by atoms with Gasteiger partial charge in [0.2, 0.25) is 0 Å². The minimum absolute atomic E-state index is 0.0114. The number of fused-ring (bicyclic) bond motifs is 1. The number of benzene rings is 1. The van der Waals surface area contributed by atoms with E-state index in [1.165, 1.54) is 0 Å². The number of carbonyl (C=O) groups excluding carboxylic acids is 1. The molecule has 5 heteroatoms. The molecule has 3 heterocycles. The predicted molar refractivity (Wildman–Crippen MR) is 79.5 cm³/mol. The van der Waals surface area contributed by atoms with Crippen molar-refractivity contribution in [3.8, 4) is 5.75 Å². The molecule has 2 aliphatic rings. The second-order valence-electron chi connectivity index (χ2n) is 5.97. The minimum atomic E-state index is -0.411. The first-order valence-electron chi connectivity index (χ1n) is 7.70. The van der Waals surface area contributed by atoms with E-state index in [9.17, 15) is 4.79 Å². The smallest absolute Gasteiger partial charge is 0.264 e. The zero-order valence-corrected chi connectivity index (χ0v) is 12.5. The van der Waals surface area contributed by atoms with Crippen LogP contribution in [0.5, 0.6) is 5.75 Å². The summed E-state index contributed by atoms with van der Waals surface area (Å²) in [5.74, 6) is 1.66. The van der Waals surface area contributed by atoms with E-state index in [4.69, 9.17) is 9.26 Å². The Morgan fingerprint density at radius 2 is 2.23 bits per heavy atom. The third kappa shape index (κ3) is 2.17. The summed E-state index contributed by atoms with van der Waals surface area (Å²) in [6.07, 6.45) is 2.15. The highest BCUT2D eigenvalue weighted by Crippen LogP contribution is 2.35. The predicted octanol–water partition coefficient (Wildman–Crippen LogP) is 2.65. The first-order valence-corrected chi connectivity index (χ1v) is 7.70. The van der Waals surface area contributed by atoms with Crippen LogP contribution in [-0.2, 0) is 11.2 Å². The molecule has 1 aromatic carbocycles. The summed E-state index contributed by atoms with van der Waals surface area (Å²) < 4.78 is 11.0. The van der Waals surface area contributed by atoms with Gasteiger partial charge in [-0.1, -0.05) is 23.4 Å². The van der Waals surface area contributed by atoms with Crippen LogP contribution in [0.15, 0.2) is 34.9 Å². The highest BCUT2D eigenvalue weighted by molar-refractivity contribution is 5.83. The van der Waals surface area contributed by atoms with Gasteiger partial charge in [0.25, 0.3) is 5.91 Å². The number of aromatic nitrogens is 1. The monoisotopic (exact) mass is 298 g/mol. The van der Waals surface area contributed by atoms with Gasteiger partial charge in [0.15, 0.2) is 6.10 Å². The molecule has 1 aromatic heterocycles. The molecule has 2 atom stereocenters. The standard InChI is InChI=1S/C17H18N2O3/c1-11-9-13(18-22-11)14-6-4-8-19(14)17(20)16-10-12-5-2-3-7-15(12)21-16/h2-3,5,7,9,14,16H,4,6,8,10H2,1H3/t14-,16+/m0/s1. The summed E-state index contributed by atoms with van der Waals surface area (Å²) >= 11 is 0. The van der Waals surface area contributed by atoms with Crippen LogP contribution in [0.4, 0.5) is 0 Å². The average Bonchev–Trinajstić information content (AvgIpc) is 3.24. The van der Waals surface area contributed by atoms with Crippen molar-refractivity contribution < 1.29 is 14.1 Å². The van der Waals surface area contributed by atoms with Crippen LogP contribution in [-0.4, -0.2) is 28.6 Å². The van der Waals surface area contributed by atoms with Crippen LogP contribution >= 0.6 is 0 Å². The molecule has 0 N–H and O–H groups in total. The number of ether oxygens (including phenoxy) is 1. The molecule has 0 bridgehead atoms. The first kappa shape index (κ1) is 13.4. The van der Waals surface area contributed by atoms with Crippen molar-refractivity contribution in [1.29, 1.82) is 0 Å². The molecule has 0 aliphatic carbocycles. The summed E-state index contributed by atoms with van der Waals surface area (Å²) in [4.78, 5) is 14.7. The number of aryl methyl sites for hydroxylation is 1. The number of rotatable bonds is 2. The van der Waals surface area contributed by atoms with Crippen molar-refractivity contribution in [1.82, 2.24) is 10.1 Å². The molecule has 0 spiro atoms. The lowest BCUT2D eigenvalue weighted by Crippen LogP contribution is -2.41. The van der Waals surface area contributed by atoms with Crippen molar-refractivity contribution in [3.63, 3.8) is 0 Å².